The van der Waals surface area contributed by atoms with Crippen molar-refractivity contribution in [2.45, 2.75) is 123 Å². The summed E-state index contributed by atoms with van der Waals surface area (Å²) >= 11 is 0. The maximum atomic E-state index is 9.76. The van der Waals surface area contributed by atoms with Crippen molar-refractivity contribution in [3.8, 4) is 6.07 Å². The second kappa shape index (κ2) is 12.6. The predicted octanol–water partition coefficient (Wildman–Crippen LogP) is 8.60. The highest BCUT2D eigenvalue weighted by Gasteiger charge is 2.37. The van der Waals surface area contributed by atoms with Gasteiger partial charge in [-0.15, -0.1) is 0 Å². The van der Waals surface area contributed by atoms with Gasteiger partial charge in [-0.2, -0.15) is 5.26 Å². The molecule has 0 aliphatic heterocycles. The molecule has 0 unspecified atom stereocenters. The smallest absolute Gasteiger partial charge is 0.0753 e. The largest absolute Gasteiger partial charge is 0.197 e. The lowest BCUT2D eigenvalue weighted by atomic mass is 9.64. The van der Waals surface area contributed by atoms with Gasteiger partial charge in [-0.1, -0.05) is 90.2 Å². The Morgan fingerprint density at radius 1 is 0.815 bits per heavy atom. The van der Waals surface area contributed by atoms with Gasteiger partial charge in [0.05, 0.1) is 11.5 Å². The van der Waals surface area contributed by atoms with Crippen LogP contribution in [0.3, 0.4) is 0 Å². The molecule has 154 valence electrons. The van der Waals surface area contributed by atoms with Gasteiger partial charge in [0.1, 0.15) is 0 Å². The second-order valence-corrected chi connectivity index (χ2v) is 9.63. The lowest BCUT2D eigenvalue weighted by Gasteiger charge is -2.39. The number of rotatable bonds is 11. The molecule has 0 aromatic rings. The van der Waals surface area contributed by atoms with Gasteiger partial charge < -0.3 is 0 Å². The van der Waals surface area contributed by atoms with Crippen LogP contribution < -0.4 is 0 Å². The third-order valence-electron chi connectivity index (χ3n) is 7.58. The molecule has 0 spiro atoms. The van der Waals surface area contributed by atoms with E-state index in [0.717, 1.165) is 37.0 Å². The third kappa shape index (κ3) is 7.63. The number of nitrogens with zero attached hydrogens (tertiary/aromatic N) is 1. The van der Waals surface area contributed by atoms with Crippen LogP contribution >= 0.6 is 0 Å². The minimum atomic E-state index is -0.139. The molecule has 0 aromatic carbocycles. The summed E-state index contributed by atoms with van der Waals surface area (Å²) in [4.78, 5) is 0. The fourth-order valence-corrected chi connectivity index (χ4v) is 5.56. The molecular weight excluding hydrogens is 326 g/mol. The summed E-state index contributed by atoms with van der Waals surface area (Å²) in [6.07, 6.45) is 27.5. The molecule has 0 heterocycles. The summed E-state index contributed by atoms with van der Waals surface area (Å²) in [7, 11) is 0. The van der Waals surface area contributed by atoms with Gasteiger partial charge in [-0.25, -0.2) is 0 Å². The minimum absolute atomic E-state index is 0.139. The Balaban J connectivity index is 1.66. The number of hydrogen-bond donors (Lipinski definition) is 0. The maximum Gasteiger partial charge on any atom is 0.0753 e. The zero-order valence-electron chi connectivity index (χ0n) is 18.4. The average molecular weight is 372 g/mol. The van der Waals surface area contributed by atoms with Crippen molar-refractivity contribution in [3.05, 3.63) is 12.2 Å². The minimum Gasteiger partial charge on any atom is -0.197 e. The Labute approximate surface area is 170 Å². The van der Waals surface area contributed by atoms with Crippen LogP contribution in [0.2, 0.25) is 0 Å². The van der Waals surface area contributed by atoms with Crippen molar-refractivity contribution < 1.29 is 0 Å². The SMILES string of the molecule is CCCC/C=C\C1(C#N)CCC(C2CCC(CCCCCCC)CC2)CC1. The van der Waals surface area contributed by atoms with Crippen LogP contribution in [0.25, 0.3) is 0 Å². The highest BCUT2D eigenvalue weighted by molar-refractivity contribution is 5.14. The Kier molecular flexibility index (Phi) is 10.5. The number of allylic oxidation sites excluding steroid dienone is 2. The third-order valence-corrected chi connectivity index (χ3v) is 7.58. The van der Waals surface area contributed by atoms with E-state index in [9.17, 15) is 5.26 Å². The lowest BCUT2D eigenvalue weighted by molar-refractivity contribution is 0.136. The monoisotopic (exact) mass is 371 g/mol. The number of hydrogen-bond acceptors (Lipinski definition) is 1. The van der Waals surface area contributed by atoms with Gasteiger partial charge >= 0.3 is 0 Å². The van der Waals surface area contributed by atoms with Gasteiger partial charge in [-0.05, 0) is 62.7 Å². The highest BCUT2D eigenvalue weighted by atomic mass is 14.4. The molecule has 1 heteroatoms. The van der Waals surface area contributed by atoms with E-state index in [2.05, 4.69) is 32.1 Å². The van der Waals surface area contributed by atoms with Crippen molar-refractivity contribution in [2.24, 2.45) is 23.2 Å². The van der Waals surface area contributed by atoms with Crippen molar-refractivity contribution >= 4 is 0 Å². The van der Waals surface area contributed by atoms with E-state index in [1.54, 1.807) is 0 Å². The number of unbranched alkanes of at least 4 members (excludes halogenated alkanes) is 6. The molecule has 27 heavy (non-hydrogen) atoms. The Morgan fingerprint density at radius 3 is 2.07 bits per heavy atom. The molecule has 2 aliphatic carbocycles. The molecule has 0 atom stereocenters. The van der Waals surface area contributed by atoms with Crippen LogP contribution in [0.1, 0.15) is 123 Å². The maximum absolute atomic E-state index is 9.76. The van der Waals surface area contributed by atoms with Crippen molar-refractivity contribution in [3.63, 3.8) is 0 Å². The lowest BCUT2D eigenvalue weighted by Crippen LogP contribution is -2.30. The molecule has 0 radical (unpaired) electrons. The predicted molar refractivity (Wildman–Crippen MR) is 117 cm³/mol. The molecule has 2 aliphatic rings. The molecule has 0 amide bonds. The Bertz CT molecular complexity index is 441. The Hall–Kier alpha value is -0.770. The molecule has 0 saturated heterocycles. The molecule has 2 rings (SSSR count). The van der Waals surface area contributed by atoms with Crippen LogP contribution in [0, 0.1) is 34.5 Å². The molecule has 0 bridgehead atoms. The fourth-order valence-electron chi connectivity index (χ4n) is 5.56. The summed E-state index contributed by atoms with van der Waals surface area (Å²) in [5.41, 5.74) is -0.139. The van der Waals surface area contributed by atoms with E-state index in [-0.39, 0.29) is 5.41 Å². The molecule has 0 N–H and O–H groups in total. The molecule has 2 fully saturated rings. The molecule has 1 nitrogen and oxygen atoms in total. The van der Waals surface area contributed by atoms with E-state index in [0.29, 0.717) is 0 Å². The van der Waals surface area contributed by atoms with Gasteiger partial charge in [-0.3, -0.25) is 0 Å². The first-order valence-electron chi connectivity index (χ1n) is 12.3. The Morgan fingerprint density at radius 2 is 1.44 bits per heavy atom. The standard InChI is InChI=1S/C26H45N/c1-3-5-7-9-10-12-23-13-15-24(16-14-23)25-17-20-26(22-27,21-18-25)19-11-8-6-4-2/h11,19,23-25H,3-10,12-18,20-21H2,1-2H3/b19-11-. The summed E-state index contributed by atoms with van der Waals surface area (Å²) in [5.74, 6) is 2.88. The van der Waals surface area contributed by atoms with E-state index >= 15 is 0 Å². The van der Waals surface area contributed by atoms with Crippen molar-refractivity contribution in [1.29, 1.82) is 5.26 Å². The number of nitriles is 1. The molecular formula is C26H45N. The first kappa shape index (κ1) is 22.5. The summed E-state index contributed by atoms with van der Waals surface area (Å²) in [6.45, 7) is 4.54. The van der Waals surface area contributed by atoms with Crippen LogP contribution in [0.4, 0.5) is 0 Å². The second-order valence-electron chi connectivity index (χ2n) is 9.63. The summed E-state index contributed by atoms with van der Waals surface area (Å²) in [5, 5.41) is 9.76. The van der Waals surface area contributed by atoms with Crippen molar-refractivity contribution in [1.82, 2.24) is 0 Å². The van der Waals surface area contributed by atoms with Gasteiger partial charge in [0.15, 0.2) is 0 Å². The van der Waals surface area contributed by atoms with E-state index in [1.165, 1.54) is 89.9 Å². The van der Waals surface area contributed by atoms with Gasteiger partial charge in [0, 0.05) is 0 Å². The van der Waals surface area contributed by atoms with Crippen LogP contribution in [0.15, 0.2) is 12.2 Å². The van der Waals surface area contributed by atoms with E-state index in [4.69, 9.17) is 0 Å². The average Bonchev–Trinajstić information content (AvgIpc) is 2.72. The first-order valence-corrected chi connectivity index (χ1v) is 12.3. The van der Waals surface area contributed by atoms with Crippen LogP contribution in [-0.4, -0.2) is 0 Å². The summed E-state index contributed by atoms with van der Waals surface area (Å²) in [6, 6.07) is 2.68. The van der Waals surface area contributed by atoms with E-state index < -0.39 is 0 Å². The molecule has 2 saturated carbocycles. The highest BCUT2D eigenvalue weighted by Crippen LogP contribution is 2.46. The van der Waals surface area contributed by atoms with Crippen LogP contribution in [0.5, 0.6) is 0 Å². The van der Waals surface area contributed by atoms with Crippen molar-refractivity contribution in [2.75, 3.05) is 0 Å². The molecule has 0 aromatic heterocycles. The fraction of sp³-hybridized carbons (Fsp3) is 0.885. The first-order chi connectivity index (χ1) is 13.2. The topological polar surface area (TPSA) is 23.8 Å². The zero-order valence-corrected chi connectivity index (χ0v) is 18.4. The van der Waals surface area contributed by atoms with Gasteiger partial charge in [0.25, 0.3) is 0 Å². The normalized spacial score (nSPS) is 31.8. The van der Waals surface area contributed by atoms with Crippen LogP contribution in [-0.2, 0) is 0 Å². The van der Waals surface area contributed by atoms with E-state index in [1.807, 2.05) is 0 Å². The zero-order chi connectivity index (χ0) is 19.4. The quantitative estimate of drug-likeness (QED) is 0.263. The summed E-state index contributed by atoms with van der Waals surface area (Å²) < 4.78 is 0. The van der Waals surface area contributed by atoms with Gasteiger partial charge in [0.2, 0.25) is 0 Å².